The minimum atomic E-state index is -4.09. The molecule has 0 atom stereocenters. The van der Waals surface area contributed by atoms with Gasteiger partial charge in [-0.15, -0.1) is 0 Å². The molecule has 0 spiro atoms. The van der Waals surface area contributed by atoms with Crippen molar-refractivity contribution < 1.29 is 24.0 Å². The zero-order valence-corrected chi connectivity index (χ0v) is 3.91. The summed E-state index contributed by atoms with van der Waals surface area (Å²) in [7, 11) is 0. The van der Waals surface area contributed by atoms with Crippen molar-refractivity contribution in [3.63, 3.8) is 0 Å². The lowest BCUT2D eigenvalue weighted by atomic mass is 10.2. The summed E-state index contributed by atoms with van der Waals surface area (Å²) in [5, 5.41) is 0. The van der Waals surface area contributed by atoms with Gasteiger partial charge in [-0.05, 0) is 6.37 Å². The number of hydrogen-bond donors (Lipinski definition) is 0. The molecular formula is C7H14O. The third-order valence-electron chi connectivity index (χ3n) is 0.301. The van der Waals surface area contributed by atoms with Crippen molar-refractivity contribution in [2.75, 3.05) is 0 Å². The quantitative estimate of drug-likeness (QED) is 0.518. The minimum Gasteiger partial charge on any atom is -0.303 e. The van der Waals surface area contributed by atoms with Crippen LogP contribution in [0.4, 0.5) is 0 Å². The van der Waals surface area contributed by atoms with Crippen molar-refractivity contribution in [3.8, 4) is 0 Å². The Labute approximate surface area is 70.8 Å². The predicted molar refractivity (Wildman–Crippen MR) is 34.8 cm³/mol. The molecule has 0 saturated carbocycles. The molecular weight excluding hydrogens is 100 g/mol. The summed E-state index contributed by atoms with van der Waals surface area (Å²) in [6.07, 6.45) is -22.0. The Morgan fingerprint density at radius 3 is 3.25 bits per heavy atom. The fraction of sp³-hybridized carbons (Fsp3) is 0.857. The van der Waals surface area contributed by atoms with Crippen molar-refractivity contribution in [1.82, 2.24) is 0 Å². The van der Waals surface area contributed by atoms with Crippen LogP contribution in [-0.2, 0) is 4.79 Å². The van der Waals surface area contributed by atoms with E-state index in [0.717, 1.165) is 0 Å². The second-order valence-electron chi connectivity index (χ2n) is 0.727. The van der Waals surface area contributed by atoms with E-state index in [1.165, 1.54) is 0 Å². The first-order valence-electron chi connectivity index (χ1n) is 8.70. The van der Waals surface area contributed by atoms with Gasteiger partial charge in [0.1, 0.15) is 7.63 Å². The molecule has 0 amide bonds. The molecule has 8 heavy (non-hydrogen) atoms. The zero-order chi connectivity index (χ0) is 18.6. The highest BCUT2D eigenvalue weighted by Gasteiger charge is 1.83. The molecule has 0 aromatic rings. The fourth-order valence-corrected chi connectivity index (χ4v) is 0.119. The van der Waals surface area contributed by atoms with E-state index >= 15 is 0 Å². The van der Waals surface area contributed by atoms with Gasteiger partial charge in [0.05, 0.1) is 0 Å². The Bertz CT molecular complexity index is 445. The van der Waals surface area contributed by atoms with E-state index in [1.54, 1.807) is 0 Å². The molecule has 0 aliphatic heterocycles. The zero-order valence-electron chi connectivity index (χ0n) is 17.9. The van der Waals surface area contributed by atoms with Crippen LogP contribution in [0.1, 0.15) is 57.9 Å². The van der Waals surface area contributed by atoms with Gasteiger partial charge in [-0.1, -0.05) is 26.0 Å². The van der Waals surface area contributed by atoms with E-state index in [-0.39, 0.29) is 0 Å². The summed E-state index contributed by atoms with van der Waals surface area (Å²) in [5.41, 5.74) is 0. The van der Waals surface area contributed by atoms with Crippen LogP contribution in [0.5, 0.6) is 0 Å². The highest BCUT2D eigenvalue weighted by molar-refractivity contribution is 5.48. The van der Waals surface area contributed by atoms with Crippen LogP contribution in [0.3, 0.4) is 0 Å². The van der Waals surface area contributed by atoms with Crippen molar-refractivity contribution in [3.05, 3.63) is 0 Å². The Kier molecular flexibility index (Phi) is 0.666. The van der Waals surface area contributed by atoms with E-state index in [2.05, 4.69) is 0 Å². The number of aldehydes is 1. The third-order valence-corrected chi connectivity index (χ3v) is 0.301. The summed E-state index contributed by atoms with van der Waals surface area (Å²) in [6, 6.07) is 0. The second kappa shape index (κ2) is 6.67. The molecule has 0 aromatic heterocycles. The minimum absolute atomic E-state index is 2.19. The first-order chi connectivity index (χ1) is 9.19. The lowest BCUT2D eigenvalue weighted by molar-refractivity contribution is -0.107. The molecule has 0 N–H and O–H groups in total. The molecule has 0 unspecified atom stereocenters. The number of carbonyl (C=O) groups is 1. The van der Waals surface area contributed by atoms with Crippen molar-refractivity contribution in [1.29, 1.82) is 0 Å². The van der Waals surface area contributed by atoms with Crippen LogP contribution < -0.4 is 0 Å². The van der Waals surface area contributed by atoms with Gasteiger partial charge >= 0.3 is 0 Å². The van der Waals surface area contributed by atoms with Crippen LogP contribution in [0.2, 0.25) is 0 Å². The van der Waals surface area contributed by atoms with E-state index in [1.807, 2.05) is 0 Å². The fourth-order valence-electron chi connectivity index (χ4n) is 0.119. The highest BCUT2D eigenvalue weighted by Crippen LogP contribution is 1.99. The number of carbonyl (C=O) groups excluding carboxylic acids is 1. The largest absolute Gasteiger partial charge is 0.303 e. The highest BCUT2D eigenvalue weighted by atomic mass is 16.1. The van der Waals surface area contributed by atoms with Crippen molar-refractivity contribution >= 4 is 6.26 Å². The maximum Gasteiger partial charge on any atom is 0.119 e. The van der Waals surface area contributed by atoms with E-state index in [4.69, 9.17) is 19.2 Å². The summed E-state index contributed by atoms with van der Waals surface area (Å²) in [4.78, 5) is 10.9. The van der Waals surface area contributed by atoms with Crippen LogP contribution in [0, 0.1) is 0 Å². The topological polar surface area (TPSA) is 17.1 Å². The molecule has 1 nitrogen and oxygen atoms in total. The van der Waals surface area contributed by atoms with Gasteiger partial charge in [0.25, 0.3) is 0 Å². The van der Waals surface area contributed by atoms with Crippen LogP contribution in [0.25, 0.3) is 0 Å². The van der Waals surface area contributed by atoms with Crippen LogP contribution in [-0.4, -0.2) is 6.26 Å². The normalized spacial score (nSPS) is 45.5. The van der Waals surface area contributed by atoms with Gasteiger partial charge in [0, 0.05) is 24.2 Å². The molecule has 0 radical (unpaired) electrons. The molecule has 0 aromatic carbocycles. The third kappa shape index (κ3) is 5.67. The first-order valence-corrected chi connectivity index (χ1v) is 1.70. The molecule has 48 valence electrons. The Balaban J connectivity index is 6.29. The Hall–Kier alpha value is -0.330. The Morgan fingerprint density at radius 2 is 2.62 bits per heavy atom. The molecule has 0 saturated heterocycles. The molecule has 0 aliphatic rings. The van der Waals surface area contributed by atoms with Gasteiger partial charge in [0.2, 0.25) is 0 Å². The van der Waals surface area contributed by atoms with Crippen LogP contribution >= 0.6 is 0 Å². The lowest BCUT2D eigenvalue weighted by Crippen LogP contribution is -1.76. The van der Waals surface area contributed by atoms with Crippen molar-refractivity contribution in [2.45, 2.75) is 38.7 Å². The first kappa shape index (κ1) is 0.799. The molecule has 1 heteroatoms. The van der Waals surface area contributed by atoms with Gasteiger partial charge in [-0.3, -0.25) is 0 Å². The van der Waals surface area contributed by atoms with E-state index < -0.39 is 45.0 Å². The molecule has 0 rings (SSSR count). The average Bonchev–Trinajstić information content (AvgIpc) is 2.25. The van der Waals surface area contributed by atoms with E-state index in [9.17, 15) is 4.79 Å². The summed E-state index contributed by atoms with van der Waals surface area (Å²) in [6.45, 7) is -3.68. The molecule has 0 fully saturated rings. The average molecular weight is 128 g/mol. The van der Waals surface area contributed by atoms with Gasteiger partial charge in [0.15, 0.2) is 0 Å². The van der Waals surface area contributed by atoms with Gasteiger partial charge < -0.3 is 4.79 Å². The van der Waals surface area contributed by atoms with E-state index in [0.29, 0.717) is 0 Å². The maximum absolute atomic E-state index is 10.9. The Morgan fingerprint density at radius 1 is 1.75 bits per heavy atom. The number of rotatable bonds is 5. The monoisotopic (exact) mass is 128 g/mol. The lowest BCUT2D eigenvalue weighted by Gasteiger charge is -1.90. The maximum atomic E-state index is 10.9. The molecule has 0 bridgehead atoms. The van der Waals surface area contributed by atoms with Crippen LogP contribution in [0.15, 0.2) is 0 Å². The number of hydrogen-bond acceptors (Lipinski definition) is 1. The smallest absolute Gasteiger partial charge is 0.119 e. The standard InChI is InChI=1S/C7H14O/c1-2-3-4-5-6-7-8/h7H,2-6H2,1H3/i1D3,2D2,3D2,4D2,5D2,6D2,7D. The predicted octanol–water partition coefficient (Wildman–Crippen LogP) is 2.16. The molecule has 0 heterocycles. The van der Waals surface area contributed by atoms with Crippen molar-refractivity contribution in [2.24, 2.45) is 0 Å². The molecule has 0 aliphatic carbocycles. The summed E-state index contributed by atoms with van der Waals surface area (Å²) < 4.78 is 101. The SMILES string of the molecule is [2H]C(=O)C([2H])([2H])C([2H])([2H])C([2H])([2H])C([2H])([2H])C([2H])([2H])C([2H])([2H])[2H]. The summed E-state index contributed by atoms with van der Waals surface area (Å²) >= 11 is 0. The second-order valence-corrected chi connectivity index (χ2v) is 0.727. The summed E-state index contributed by atoms with van der Waals surface area (Å²) in [5.74, 6) is 0. The van der Waals surface area contributed by atoms with Gasteiger partial charge in [-0.25, -0.2) is 0 Å². The van der Waals surface area contributed by atoms with Gasteiger partial charge in [-0.2, -0.15) is 0 Å².